The van der Waals surface area contributed by atoms with Crippen LogP contribution in [0, 0.1) is 0 Å². The summed E-state index contributed by atoms with van der Waals surface area (Å²) in [6.07, 6.45) is 1.62. The number of rotatable bonds is 4. The lowest BCUT2D eigenvalue weighted by Gasteiger charge is -2.12. The van der Waals surface area contributed by atoms with Crippen LogP contribution in [0.15, 0.2) is 22.7 Å². The average molecular weight is 327 g/mol. The minimum atomic E-state index is -2.96. The zero-order valence-electron chi connectivity index (χ0n) is 8.78. The Hall–Kier alpha value is -0.100. The molecule has 0 bridgehead atoms. The van der Waals surface area contributed by atoms with E-state index >= 15 is 0 Å². The van der Waals surface area contributed by atoms with Gasteiger partial charge in [-0.25, -0.2) is 8.42 Å². The van der Waals surface area contributed by atoms with E-state index < -0.39 is 9.84 Å². The van der Waals surface area contributed by atoms with Crippen LogP contribution in [0.1, 0.15) is 18.0 Å². The molecule has 1 aromatic rings. The minimum Gasteiger partial charge on any atom is -0.324 e. The van der Waals surface area contributed by atoms with Gasteiger partial charge in [-0.1, -0.05) is 17.7 Å². The van der Waals surface area contributed by atoms with Gasteiger partial charge in [-0.05, 0) is 40.0 Å². The fourth-order valence-corrected chi connectivity index (χ4v) is 2.45. The molecule has 0 aliphatic carbocycles. The van der Waals surface area contributed by atoms with Gasteiger partial charge in [0.1, 0.15) is 9.84 Å². The molecule has 0 aromatic heterocycles. The molecule has 1 atom stereocenters. The fraction of sp³-hybridized carbons (Fsp3) is 0.400. The first-order valence-electron chi connectivity index (χ1n) is 4.68. The van der Waals surface area contributed by atoms with Crippen LogP contribution in [0.2, 0.25) is 5.02 Å². The standard InChI is InChI=1S/C10H13BrClNO2S/c1-16(14,15)5-4-10(13)7-2-3-9(12)8(11)6-7/h2-3,6,10H,4-5,13H2,1H3. The number of halogens is 2. The molecule has 0 aliphatic rings. The van der Waals surface area contributed by atoms with Crippen molar-refractivity contribution in [3.63, 3.8) is 0 Å². The van der Waals surface area contributed by atoms with Gasteiger partial charge in [-0.3, -0.25) is 0 Å². The average Bonchev–Trinajstić information content (AvgIpc) is 2.17. The molecule has 0 radical (unpaired) electrons. The Morgan fingerprint density at radius 2 is 2.12 bits per heavy atom. The van der Waals surface area contributed by atoms with Crippen LogP contribution >= 0.6 is 27.5 Å². The van der Waals surface area contributed by atoms with Gasteiger partial charge in [0.2, 0.25) is 0 Å². The van der Waals surface area contributed by atoms with Crippen molar-refractivity contribution in [2.75, 3.05) is 12.0 Å². The van der Waals surface area contributed by atoms with Crippen molar-refractivity contribution in [3.8, 4) is 0 Å². The Labute approximate surface area is 109 Å². The normalized spacial score (nSPS) is 13.8. The number of sulfone groups is 1. The number of benzene rings is 1. The van der Waals surface area contributed by atoms with Crippen LogP contribution in [-0.2, 0) is 9.84 Å². The van der Waals surface area contributed by atoms with Crippen molar-refractivity contribution in [1.82, 2.24) is 0 Å². The second-order valence-electron chi connectivity index (χ2n) is 3.70. The molecule has 2 N–H and O–H groups in total. The summed E-state index contributed by atoms with van der Waals surface area (Å²) in [6.45, 7) is 0. The molecule has 0 saturated heterocycles. The molecule has 0 fully saturated rings. The quantitative estimate of drug-likeness (QED) is 0.925. The van der Waals surface area contributed by atoms with Gasteiger partial charge in [0.15, 0.2) is 0 Å². The maximum absolute atomic E-state index is 11.0. The Balaban J connectivity index is 2.73. The summed E-state index contributed by atoms with van der Waals surface area (Å²) in [5.41, 5.74) is 6.77. The van der Waals surface area contributed by atoms with Crippen molar-refractivity contribution < 1.29 is 8.42 Å². The summed E-state index contributed by atoms with van der Waals surface area (Å²) < 4.78 is 22.8. The Morgan fingerprint density at radius 3 is 2.62 bits per heavy atom. The summed E-state index contributed by atoms with van der Waals surface area (Å²) in [6, 6.07) is 5.07. The van der Waals surface area contributed by atoms with Gasteiger partial charge in [-0.2, -0.15) is 0 Å². The Bertz CT molecular complexity index is 476. The van der Waals surface area contributed by atoms with Gasteiger partial charge < -0.3 is 5.73 Å². The Morgan fingerprint density at radius 1 is 1.50 bits per heavy atom. The molecule has 1 aromatic carbocycles. The van der Waals surface area contributed by atoms with E-state index in [-0.39, 0.29) is 11.8 Å². The highest BCUT2D eigenvalue weighted by Crippen LogP contribution is 2.26. The first-order chi connectivity index (χ1) is 7.29. The van der Waals surface area contributed by atoms with E-state index in [9.17, 15) is 8.42 Å². The second kappa shape index (κ2) is 5.49. The predicted molar refractivity (Wildman–Crippen MR) is 70.4 cm³/mol. The highest BCUT2D eigenvalue weighted by atomic mass is 79.9. The highest BCUT2D eigenvalue weighted by Gasteiger charge is 2.11. The van der Waals surface area contributed by atoms with E-state index in [4.69, 9.17) is 17.3 Å². The maximum Gasteiger partial charge on any atom is 0.147 e. The van der Waals surface area contributed by atoms with Gasteiger partial charge in [0, 0.05) is 16.8 Å². The van der Waals surface area contributed by atoms with E-state index in [1.165, 1.54) is 6.26 Å². The molecule has 0 spiro atoms. The third kappa shape index (κ3) is 4.41. The molecule has 1 rings (SSSR count). The van der Waals surface area contributed by atoms with Crippen molar-refractivity contribution >= 4 is 37.4 Å². The third-order valence-electron chi connectivity index (χ3n) is 2.17. The van der Waals surface area contributed by atoms with Gasteiger partial charge in [-0.15, -0.1) is 0 Å². The van der Waals surface area contributed by atoms with E-state index in [1.807, 2.05) is 6.07 Å². The van der Waals surface area contributed by atoms with E-state index in [0.29, 0.717) is 11.4 Å². The molecular formula is C10H13BrClNO2S. The van der Waals surface area contributed by atoms with Crippen LogP contribution in [-0.4, -0.2) is 20.4 Å². The van der Waals surface area contributed by atoms with Crippen LogP contribution in [0.4, 0.5) is 0 Å². The molecule has 0 heterocycles. The number of nitrogens with two attached hydrogens (primary N) is 1. The summed E-state index contributed by atoms with van der Waals surface area (Å²) >= 11 is 9.15. The van der Waals surface area contributed by atoms with Gasteiger partial charge >= 0.3 is 0 Å². The van der Waals surface area contributed by atoms with Crippen LogP contribution < -0.4 is 5.73 Å². The van der Waals surface area contributed by atoms with Crippen molar-refractivity contribution in [3.05, 3.63) is 33.3 Å². The molecule has 1 unspecified atom stereocenters. The summed E-state index contributed by atoms with van der Waals surface area (Å²) in [7, 11) is -2.96. The first-order valence-corrected chi connectivity index (χ1v) is 7.91. The SMILES string of the molecule is CS(=O)(=O)CCC(N)c1ccc(Cl)c(Br)c1. The van der Waals surface area contributed by atoms with Crippen LogP contribution in [0.3, 0.4) is 0 Å². The summed E-state index contributed by atoms with van der Waals surface area (Å²) in [5, 5.41) is 0.610. The molecule has 0 amide bonds. The molecule has 16 heavy (non-hydrogen) atoms. The molecule has 6 heteroatoms. The van der Waals surface area contributed by atoms with Crippen molar-refractivity contribution in [2.24, 2.45) is 5.73 Å². The van der Waals surface area contributed by atoms with E-state index in [2.05, 4.69) is 15.9 Å². The van der Waals surface area contributed by atoms with Crippen LogP contribution in [0.5, 0.6) is 0 Å². The molecule has 3 nitrogen and oxygen atoms in total. The van der Waals surface area contributed by atoms with Gasteiger partial charge in [0.25, 0.3) is 0 Å². The zero-order chi connectivity index (χ0) is 12.3. The van der Waals surface area contributed by atoms with Gasteiger partial charge in [0.05, 0.1) is 10.8 Å². The fourth-order valence-electron chi connectivity index (χ4n) is 1.25. The second-order valence-corrected chi connectivity index (χ2v) is 7.22. The predicted octanol–water partition coefficient (Wildman–Crippen LogP) is 2.54. The van der Waals surface area contributed by atoms with Crippen molar-refractivity contribution in [1.29, 1.82) is 0 Å². The van der Waals surface area contributed by atoms with Crippen molar-refractivity contribution in [2.45, 2.75) is 12.5 Å². The largest absolute Gasteiger partial charge is 0.324 e. The number of hydrogen-bond donors (Lipinski definition) is 1. The molecular weight excluding hydrogens is 314 g/mol. The smallest absolute Gasteiger partial charge is 0.147 e. The highest BCUT2D eigenvalue weighted by molar-refractivity contribution is 9.10. The van der Waals surface area contributed by atoms with E-state index in [0.717, 1.165) is 10.0 Å². The van der Waals surface area contributed by atoms with E-state index in [1.54, 1.807) is 12.1 Å². The number of hydrogen-bond acceptors (Lipinski definition) is 3. The first kappa shape index (κ1) is 14.0. The van der Waals surface area contributed by atoms with Crippen LogP contribution in [0.25, 0.3) is 0 Å². The summed E-state index contributed by atoms with van der Waals surface area (Å²) in [4.78, 5) is 0. The lowest BCUT2D eigenvalue weighted by molar-refractivity contribution is 0.591. The molecule has 0 aliphatic heterocycles. The Kier molecular flexibility index (Phi) is 4.79. The lowest BCUT2D eigenvalue weighted by Crippen LogP contribution is -2.15. The summed E-state index contributed by atoms with van der Waals surface area (Å²) in [5.74, 6) is 0.0917. The lowest BCUT2D eigenvalue weighted by atomic mass is 10.1. The third-order valence-corrected chi connectivity index (χ3v) is 4.36. The maximum atomic E-state index is 11.0. The monoisotopic (exact) mass is 325 g/mol. The topological polar surface area (TPSA) is 60.2 Å². The molecule has 0 saturated carbocycles. The zero-order valence-corrected chi connectivity index (χ0v) is 11.9. The molecule has 90 valence electrons. The minimum absolute atomic E-state index is 0.0917.